The van der Waals surface area contributed by atoms with E-state index >= 15 is 0 Å². The SMILES string of the molecule is O=C(NCc1ccccc1-n1cccn1)c1cccc(-n2cnnn2)c1. The highest BCUT2D eigenvalue weighted by Crippen LogP contribution is 2.14. The molecule has 0 bridgehead atoms. The lowest BCUT2D eigenvalue weighted by Gasteiger charge is -2.11. The number of benzene rings is 2. The van der Waals surface area contributed by atoms with Gasteiger partial charge in [0, 0.05) is 24.5 Å². The fourth-order valence-corrected chi connectivity index (χ4v) is 2.64. The van der Waals surface area contributed by atoms with E-state index in [9.17, 15) is 4.79 Å². The molecular weight excluding hydrogens is 330 g/mol. The molecule has 0 aliphatic carbocycles. The third-order valence-electron chi connectivity index (χ3n) is 3.90. The zero-order valence-electron chi connectivity index (χ0n) is 13.7. The number of carbonyl (C=O) groups excluding carboxylic acids is 1. The van der Waals surface area contributed by atoms with Gasteiger partial charge in [-0.2, -0.15) is 5.10 Å². The summed E-state index contributed by atoms with van der Waals surface area (Å²) in [5.74, 6) is -0.171. The minimum atomic E-state index is -0.171. The van der Waals surface area contributed by atoms with E-state index < -0.39 is 0 Å². The fourth-order valence-electron chi connectivity index (χ4n) is 2.64. The normalized spacial score (nSPS) is 10.6. The third-order valence-corrected chi connectivity index (χ3v) is 3.90. The van der Waals surface area contributed by atoms with E-state index in [2.05, 4.69) is 25.9 Å². The van der Waals surface area contributed by atoms with Crippen LogP contribution in [0.25, 0.3) is 11.4 Å². The second-order valence-electron chi connectivity index (χ2n) is 5.57. The lowest BCUT2D eigenvalue weighted by molar-refractivity contribution is 0.0951. The Bertz CT molecular complexity index is 1010. The highest BCUT2D eigenvalue weighted by molar-refractivity contribution is 5.94. The zero-order valence-corrected chi connectivity index (χ0v) is 13.7. The Morgan fingerprint density at radius 3 is 2.77 bits per heavy atom. The number of nitrogens with zero attached hydrogens (tertiary/aromatic N) is 6. The summed E-state index contributed by atoms with van der Waals surface area (Å²) < 4.78 is 3.28. The van der Waals surface area contributed by atoms with Gasteiger partial charge in [0.05, 0.1) is 11.4 Å². The van der Waals surface area contributed by atoms with E-state index in [0.29, 0.717) is 12.1 Å². The van der Waals surface area contributed by atoms with Crippen molar-refractivity contribution >= 4 is 5.91 Å². The summed E-state index contributed by atoms with van der Waals surface area (Å²) in [6.45, 7) is 0.393. The first kappa shape index (κ1) is 15.7. The third kappa shape index (κ3) is 3.20. The molecule has 0 saturated heterocycles. The number of hydrogen-bond donors (Lipinski definition) is 1. The molecule has 0 radical (unpaired) electrons. The number of hydrogen-bond acceptors (Lipinski definition) is 5. The molecule has 2 heterocycles. The Morgan fingerprint density at radius 1 is 1.04 bits per heavy atom. The van der Waals surface area contributed by atoms with Gasteiger partial charge in [-0.25, -0.2) is 9.36 Å². The Labute approximate surface area is 149 Å². The number of carbonyl (C=O) groups is 1. The topological polar surface area (TPSA) is 90.5 Å². The van der Waals surface area contributed by atoms with Crippen LogP contribution in [0.5, 0.6) is 0 Å². The molecule has 1 N–H and O–H groups in total. The summed E-state index contributed by atoms with van der Waals surface area (Å²) in [4.78, 5) is 12.5. The smallest absolute Gasteiger partial charge is 0.251 e. The number of aromatic nitrogens is 6. The van der Waals surface area contributed by atoms with Crippen LogP contribution >= 0.6 is 0 Å². The van der Waals surface area contributed by atoms with Crippen LogP contribution in [0.2, 0.25) is 0 Å². The van der Waals surface area contributed by atoms with Crippen LogP contribution in [-0.4, -0.2) is 35.9 Å². The van der Waals surface area contributed by atoms with Crippen molar-refractivity contribution in [3.8, 4) is 11.4 Å². The Kier molecular flexibility index (Phi) is 4.21. The Hall–Kier alpha value is -3.81. The van der Waals surface area contributed by atoms with Crippen LogP contribution in [0.15, 0.2) is 73.3 Å². The van der Waals surface area contributed by atoms with Gasteiger partial charge in [0.25, 0.3) is 5.91 Å². The lowest BCUT2D eigenvalue weighted by Crippen LogP contribution is -2.23. The van der Waals surface area contributed by atoms with Crippen molar-refractivity contribution in [1.29, 1.82) is 0 Å². The monoisotopic (exact) mass is 345 g/mol. The van der Waals surface area contributed by atoms with Gasteiger partial charge in [0.15, 0.2) is 0 Å². The maximum atomic E-state index is 12.5. The number of para-hydroxylation sites is 1. The van der Waals surface area contributed by atoms with Gasteiger partial charge in [-0.15, -0.1) is 5.10 Å². The summed E-state index contributed by atoms with van der Waals surface area (Å²) in [6.07, 6.45) is 5.08. The summed E-state index contributed by atoms with van der Waals surface area (Å²) in [5.41, 5.74) is 3.16. The molecule has 0 fully saturated rings. The van der Waals surface area contributed by atoms with E-state index in [1.54, 1.807) is 29.1 Å². The van der Waals surface area contributed by atoms with Crippen LogP contribution in [0.4, 0.5) is 0 Å². The molecular formula is C18H15N7O. The largest absolute Gasteiger partial charge is 0.348 e. The van der Waals surface area contributed by atoms with Crippen LogP contribution in [0.1, 0.15) is 15.9 Å². The molecule has 0 unspecified atom stereocenters. The van der Waals surface area contributed by atoms with Crippen molar-refractivity contribution in [2.24, 2.45) is 0 Å². The average molecular weight is 345 g/mol. The maximum absolute atomic E-state index is 12.5. The number of nitrogens with one attached hydrogen (secondary N) is 1. The average Bonchev–Trinajstić information content (AvgIpc) is 3.40. The summed E-state index contributed by atoms with van der Waals surface area (Å²) in [7, 11) is 0. The van der Waals surface area contributed by atoms with Crippen molar-refractivity contribution in [3.63, 3.8) is 0 Å². The molecule has 0 spiro atoms. The fraction of sp³-hybridized carbons (Fsp3) is 0.0556. The molecule has 26 heavy (non-hydrogen) atoms. The predicted octanol–water partition coefficient (Wildman–Crippen LogP) is 1.78. The van der Waals surface area contributed by atoms with Gasteiger partial charge in [-0.3, -0.25) is 4.79 Å². The van der Waals surface area contributed by atoms with Gasteiger partial charge < -0.3 is 5.32 Å². The van der Waals surface area contributed by atoms with Crippen molar-refractivity contribution in [3.05, 3.63) is 84.4 Å². The lowest BCUT2D eigenvalue weighted by atomic mass is 10.1. The summed E-state index contributed by atoms with van der Waals surface area (Å²) in [6, 6.07) is 16.8. The van der Waals surface area contributed by atoms with E-state index in [1.165, 1.54) is 11.0 Å². The summed E-state index contributed by atoms with van der Waals surface area (Å²) in [5, 5.41) is 18.3. The molecule has 8 heteroatoms. The van der Waals surface area contributed by atoms with Gasteiger partial charge in [0.2, 0.25) is 0 Å². The van der Waals surface area contributed by atoms with E-state index in [-0.39, 0.29) is 5.91 Å². The minimum Gasteiger partial charge on any atom is -0.348 e. The van der Waals surface area contributed by atoms with Gasteiger partial charge in [-0.1, -0.05) is 24.3 Å². The molecule has 2 aromatic heterocycles. The van der Waals surface area contributed by atoms with Crippen LogP contribution < -0.4 is 5.32 Å². The number of tetrazole rings is 1. The van der Waals surface area contributed by atoms with Crippen molar-refractivity contribution < 1.29 is 4.79 Å². The maximum Gasteiger partial charge on any atom is 0.251 e. The molecule has 0 aliphatic heterocycles. The van der Waals surface area contributed by atoms with Crippen LogP contribution in [0.3, 0.4) is 0 Å². The second-order valence-corrected chi connectivity index (χ2v) is 5.57. The van der Waals surface area contributed by atoms with Crippen molar-refractivity contribution in [2.75, 3.05) is 0 Å². The molecule has 0 aliphatic rings. The predicted molar refractivity (Wildman–Crippen MR) is 93.9 cm³/mol. The first-order valence-corrected chi connectivity index (χ1v) is 8.01. The molecule has 128 valence electrons. The van der Waals surface area contributed by atoms with Crippen LogP contribution in [-0.2, 0) is 6.54 Å². The second kappa shape index (κ2) is 6.98. The zero-order chi connectivity index (χ0) is 17.8. The van der Waals surface area contributed by atoms with Crippen molar-refractivity contribution in [2.45, 2.75) is 6.54 Å². The standard InChI is InChI=1S/C18H15N7O/c26-18(14-6-3-7-16(11-14)25-13-20-22-23-25)19-12-15-5-1-2-8-17(15)24-10-4-9-21-24/h1-11,13H,12H2,(H,19,26). The summed E-state index contributed by atoms with van der Waals surface area (Å²) >= 11 is 0. The molecule has 2 aromatic carbocycles. The first-order valence-electron chi connectivity index (χ1n) is 8.01. The molecule has 8 nitrogen and oxygen atoms in total. The van der Waals surface area contributed by atoms with Crippen LogP contribution in [0, 0.1) is 0 Å². The minimum absolute atomic E-state index is 0.171. The first-order chi connectivity index (χ1) is 12.8. The molecule has 0 atom stereocenters. The highest BCUT2D eigenvalue weighted by Gasteiger charge is 2.10. The van der Waals surface area contributed by atoms with E-state index in [0.717, 1.165) is 16.9 Å². The molecule has 4 rings (SSSR count). The highest BCUT2D eigenvalue weighted by atomic mass is 16.1. The van der Waals surface area contributed by atoms with Gasteiger partial charge in [-0.05, 0) is 46.3 Å². The Morgan fingerprint density at radius 2 is 1.96 bits per heavy atom. The molecule has 4 aromatic rings. The number of amides is 1. The molecule has 0 saturated carbocycles. The Balaban J connectivity index is 1.51. The number of rotatable bonds is 5. The van der Waals surface area contributed by atoms with E-state index in [1.807, 2.05) is 42.6 Å². The van der Waals surface area contributed by atoms with E-state index in [4.69, 9.17) is 0 Å². The van der Waals surface area contributed by atoms with Gasteiger partial charge >= 0.3 is 0 Å². The van der Waals surface area contributed by atoms with Crippen molar-refractivity contribution in [1.82, 2.24) is 35.3 Å². The van der Waals surface area contributed by atoms with Gasteiger partial charge in [0.1, 0.15) is 6.33 Å². The quantitative estimate of drug-likeness (QED) is 0.595. The molecule has 1 amide bonds.